The molecule has 17 heavy (non-hydrogen) atoms. The minimum Gasteiger partial charge on any atom is -0.417 e. The molecule has 4 heteroatoms. The maximum Gasteiger partial charge on any atom is 0.191 e. The summed E-state index contributed by atoms with van der Waals surface area (Å²) in [5.74, 6) is 0. The van der Waals surface area contributed by atoms with E-state index in [2.05, 4.69) is 39.9 Å². The van der Waals surface area contributed by atoms with Crippen LogP contribution in [0.25, 0.3) is 0 Å². The van der Waals surface area contributed by atoms with Crippen LogP contribution in [0.15, 0.2) is 11.5 Å². The summed E-state index contributed by atoms with van der Waals surface area (Å²) in [7, 11) is -1.67. The number of hydrogen-bond acceptors (Lipinski definition) is 3. The zero-order valence-electron chi connectivity index (χ0n) is 11.6. The number of hydrogen-bond donors (Lipinski definition) is 0. The predicted octanol–water partition coefficient (Wildman–Crippen LogP) is 3.99. The summed E-state index contributed by atoms with van der Waals surface area (Å²) in [6.07, 6.45) is 4.83. The summed E-state index contributed by atoms with van der Waals surface area (Å²) in [6.45, 7) is 11.9. The fourth-order valence-corrected chi connectivity index (χ4v) is 3.43. The second kappa shape index (κ2) is 5.29. The van der Waals surface area contributed by atoms with Crippen LogP contribution in [0.5, 0.6) is 0 Å². The Morgan fingerprint density at radius 2 is 2.12 bits per heavy atom. The van der Waals surface area contributed by atoms with Gasteiger partial charge >= 0.3 is 0 Å². The second-order valence-corrected chi connectivity index (χ2v) is 12.4. The molecule has 0 aromatic rings. The van der Waals surface area contributed by atoms with Crippen molar-refractivity contribution >= 4 is 26.4 Å². The van der Waals surface area contributed by atoms with E-state index in [9.17, 15) is 4.79 Å². The van der Waals surface area contributed by atoms with E-state index in [1.54, 1.807) is 11.8 Å². The Morgan fingerprint density at radius 3 is 2.53 bits per heavy atom. The smallest absolute Gasteiger partial charge is 0.191 e. The zero-order chi connectivity index (χ0) is 13.2. The Bertz CT molecular complexity index is 297. The molecule has 0 aromatic heterocycles. The van der Waals surface area contributed by atoms with E-state index in [-0.39, 0.29) is 9.79 Å². The monoisotopic (exact) mass is 272 g/mol. The first-order valence-corrected chi connectivity index (χ1v) is 9.94. The summed E-state index contributed by atoms with van der Waals surface area (Å²) in [5.41, 5.74) is 0. The predicted molar refractivity (Wildman–Crippen MR) is 77.9 cm³/mol. The molecule has 0 aromatic carbocycles. The van der Waals surface area contributed by atoms with Gasteiger partial charge in [-0.1, -0.05) is 26.8 Å². The number of rotatable bonds is 5. The molecule has 0 saturated heterocycles. The van der Waals surface area contributed by atoms with Crippen LogP contribution >= 0.6 is 11.8 Å². The van der Waals surface area contributed by atoms with Crippen LogP contribution in [0.2, 0.25) is 18.1 Å². The minimum atomic E-state index is -1.67. The van der Waals surface area contributed by atoms with Crippen LogP contribution in [0.3, 0.4) is 0 Å². The quantitative estimate of drug-likeness (QED) is 0.559. The van der Waals surface area contributed by atoms with E-state index >= 15 is 0 Å². The number of thioether (sulfide) groups is 1. The van der Waals surface area contributed by atoms with Crippen molar-refractivity contribution in [3.8, 4) is 0 Å². The molecule has 0 aliphatic carbocycles. The van der Waals surface area contributed by atoms with Crippen molar-refractivity contribution < 1.29 is 9.22 Å². The molecule has 1 atom stereocenters. The number of carbonyl (C=O) groups excluding carboxylic acids is 1. The lowest BCUT2D eigenvalue weighted by Gasteiger charge is -2.37. The van der Waals surface area contributed by atoms with Crippen LogP contribution in [-0.2, 0) is 9.22 Å². The van der Waals surface area contributed by atoms with Gasteiger partial charge in [-0.15, -0.1) is 11.8 Å². The van der Waals surface area contributed by atoms with Crippen molar-refractivity contribution in [1.82, 2.24) is 0 Å². The van der Waals surface area contributed by atoms with E-state index in [0.717, 1.165) is 19.1 Å². The number of aldehydes is 1. The first kappa shape index (κ1) is 15.0. The zero-order valence-corrected chi connectivity index (χ0v) is 13.4. The molecule has 2 nitrogen and oxygen atoms in total. The number of carbonyl (C=O) groups is 1. The van der Waals surface area contributed by atoms with E-state index in [1.807, 2.05) is 5.41 Å². The van der Waals surface area contributed by atoms with Crippen molar-refractivity contribution in [3.05, 3.63) is 11.5 Å². The summed E-state index contributed by atoms with van der Waals surface area (Å²) in [5, 5.41) is 2.27. The molecule has 0 saturated carbocycles. The lowest BCUT2D eigenvalue weighted by atomic mass is 10.0. The van der Waals surface area contributed by atoms with E-state index < -0.39 is 8.32 Å². The molecular weight excluding hydrogens is 248 g/mol. The second-order valence-electron chi connectivity index (χ2n) is 6.24. The summed E-state index contributed by atoms with van der Waals surface area (Å²) in [6, 6.07) is 0. The molecular formula is C13H24O2SSi. The van der Waals surface area contributed by atoms with Gasteiger partial charge < -0.3 is 9.22 Å². The van der Waals surface area contributed by atoms with Gasteiger partial charge in [-0.3, -0.25) is 0 Å². The van der Waals surface area contributed by atoms with Crippen molar-refractivity contribution in [2.24, 2.45) is 0 Å². The fourth-order valence-electron chi connectivity index (χ4n) is 1.47. The van der Waals surface area contributed by atoms with E-state index in [4.69, 9.17) is 4.43 Å². The molecule has 1 aliphatic heterocycles. The standard InChI is InChI=1S/C13H24O2SSi/c1-12(2,3)17(4,5)15-9-8-13(11-14)7-6-10-16-13/h6,10-11H,7-9H2,1-5H3. The first-order chi connectivity index (χ1) is 7.72. The van der Waals surface area contributed by atoms with Gasteiger partial charge in [0.25, 0.3) is 0 Å². The summed E-state index contributed by atoms with van der Waals surface area (Å²) < 4.78 is 5.87. The third-order valence-corrected chi connectivity index (χ3v) is 9.67. The van der Waals surface area contributed by atoms with Crippen LogP contribution < -0.4 is 0 Å². The van der Waals surface area contributed by atoms with Gasteiger partial charge in [-0.25, -0.2) is 0 Å². The molecule has 0 spiro atoms. The third kappa shape index (κ3) is 3.70. The molecule has 98 valence electrons. The summed E-state index contributed by atoms with van der Waals surface area (Å²) >= 11 is 1.63. The van der Waals surface area contributed by atoms with Crippen LogP contribution in [0, 0.1) is 0 Å². The van der Waals surface area contributed by atoms with Gasteiger partial charge in [0.15, 0.2) is 8.32 Å². The largest absolute Gasteiger partial charge is 0.417 e. The minimum absolute atomic E-state index is 0.239. The average molecular weight is 272 g/mol. The van der Waals surface area contributed by atoms with Crippen molar-refractivity contribution in [2.75, 3.05) is 6.61 Å². The first-order valence-electron chi connectivity index (χ1n) is 6.16. The average Bonchev–Trinajstić information content (AvgIpc) is 2.65. The molecule has 0 radical (unpaired) electrons. The van der Waals surface area contributed by atoms with Gasteiger partial charge in [-0.2, -0.15) is 0 Å². The van der Waals surface area contributed by atoms with Crippen molar-refractivity contribution in [2.45, 2.75) is 56.5 Å². The lowest BCUT2D eigenvalue weighted by molar-refractivity contribution is -0.110. The summed E-state index contributed by atoms with van der Waals surface area (Å²) in [4.78, 5) is 11.2. The molecule has 1 unspecified atom stereocenters. The van der Waals surface area contributed by atoms with Gasteiger partial charge in [0.2, 0.25) is 0 Å². The highest BCUT2D eigenvalue weighted by Crippen LogP contribution is 2.40. The Morgan fingerprint density at radius 1 is 1.47 bits per heavy atom. The third-order valence-electron chi connectivity index (χ3n) is 3.87. The van der Waals surface area contributed by atoms with Gasteiger partial charge in [0, 0.05) is 6.61 Å². The van der Waals surface area contributed by atoms with Gasteiger partial charge in [0.1, 0.15) is 6.29 Å². The van der Waals surface area contributed by atoms with Crippen LogP contribution in [0.4, 0.5) is 0 Å². The number of allylic oxidation sites excluding steroid dienone is 1. The van der Waals surface area contributed by atoms with Crippen molar-refractivity contribution in [3.63, 3.8) is 0 Å². The van der Waals surface area contributed by atoms with Gasteiger partial charge in [-0.05, 0) is 36.4 Å². The fraction of sp³-hybridized carbons (Fsp3) is 0.769. The van der Waals surface area contributed by atoms with Gasteiger partial charge in [0.05, 0.1) is 4.75 Å². The topological polar surface area (TPSA) is 26.3 Å². The molecule has 0 amide bonds. The maximum atomic E-state index is 11.2. The molecule has 1 heterocycles. The van der Waals surface area contributed by atoms with Crippen LogP contribution in [-0.4, -0.2) is 26.0 Å². The Balaban J connectivity index is 2.45. The molecule has 0 fully saturated rings. The normalized spacial score (nSPS) is 25.2. The highest BCUT2D eigenvalue weighted by atomic mass is 32.2. The highest BCUT2D eigenvalue weighted by Gasteiger charge is 2.38. The molecule has 0 bridgehead atoms. The Labute approximate surface area is 110 Å². The van der Waals surface area contributed by atoms with E-state index in [0.29, 0.717) is 6.61 Å². The van der Waals surface area contributed by atoms with Crippen LogP contribution in [0.1, 0.15) is 33.6 Å². The molecule has 1 aliphatic rings. The maximum absolute atomic E-state index is 11.2. The highest BCUT2D eigenvalue weighted by molar-refractivity contribution is 8.04. The molecule has 0 N–H and O–H groups in total. The Kier molecular flexibility index (Phi) is 4.66. The lowest BCUT2D eigenvalue weighted by Crippen LogP contribution is -2.42. The van der Waals surface area contributed by atoms with E-state index in [1.165, 1.54) is 0 Å². The molecule has 1 rings (SSSR count). The Hall–Kier alpha value is -0.0631. The van der Waals surface area contributed by atoms with Crippen molar-refractivity contribution in [1.29, 1.82) is 0 Å². The SMILES string of the molecule is CC(C)(C)[Si](C)(C)OCCC1(C=O)CC=CS1.